The fourth-order valence-electron chi connectivity index (χ4n) is 2.43. The molecule has 3 aromatic rings. The van der Waals surface area contributed by atoms with Crippen LogP contribution in [0, 0.1) is 6.92 Å². The molecular formula is C14H14N4O3. The zero-order valence-corrected chi connectivity index (χ0v) is 11.6. The number of imidazole rings is 1. The first-order chi connectivity index (χ1) is 9.95. The van der Waals surface area contributed by atoms with Gasteiger partial charge in [-0.15, -0.1) is 0 Å². The minimum absolute atomic E-state index is 0.147. The van der Waals surface area contributed by atoms with E-state index in [2.05, 4.69) is 10.1 Å². The van der Waals surface area contributed by atoms with Crippen molar-refractivity contribution in [2.24, 2.45) is 7.05 Å². The van der Waals surface area contributed by atoms with Crippen molar-refractivity contribution < 1.29 is 9.90 Å². The number of hydrogen-bond acceptors (Lipinski definition) is 3. The van der Waals surface area contributed by atoms with Crippen molar-refractivity contribution in [2.75, 3.05) is 0 Å². The van der Waals surface area contributed by atoms with Crippen LogP contribution in [0.5, 0.6) is 0 Å². The van der Waals surface area contributed by atoms with E-state index in [1.165, 1.54) is 12.1 Å². The van der Waals surface area contributed by atoms with Gasteiger partial charge in [-0.1, -0.05) is 0 Å². The second-order valence-electron chi connectivity index (χ2n) is 4.97. The van der Waals surface area contributed by atoms with E-state index in [4.69, 9.17) is 5.11 Å². The highest BCUT2D eigenvalue weighted by atomic mass is 16.4. The van der Waals surface area contributed by atoms with E-state index in [9.17, 15) is 9.59 Å². The third kappa shape index (κ3) is 2.22. The molecule has 0 bridgehead atoms. The van der Waals surface area contributed by atoms with Crippen LogP contribution in [0.3, 0.4) is 0 Å². The van der Waals surface area contributed by atoms with Gasteiger partial charge in [-0.25, -0.2) is 9.59 Å². The Morgan fingerprint density at radius 1 is 1.43 bits per heavy atom. The summed E-state index contributed by atoms with van der Waals surface area (Å²) in [6, 6.07) is 4.60. The predicted molar refractivity (Wildman–Crippen MR) is 76.6 cm³/mol. The monoisotopic (exact) mass is 286 g/mol. The SMILES string of the molecule is Cc1nn(C)cc1Cn1c(=O)[nH]c2cc(C(=O)O)ccc21. The number of hydrogen-bond donors (Lipinski definition) is 2. The molecule has 21 heavy (non-hydrogen) atoms. The van der Waals surface area contributed by atoms with Gasteiger partial charge in [-0.05, 0) is 25.1 Å². The number of carboxylic acids is 1. The molecule has 0 saturated carbocycles. The zero-order valence-electron chi connectivity index (χ0n) is 11.6. The van der Waals surface area contributed by atoms with Gasteiger partial charge in [0.05, 0.1) is 28.8 Å². The Hall–Kier alpha value is -2.83. The summed E-state index contributed by atoms with van der Waals surface area (Å²) in [6.45, 7) is 2.28. The maximum atomic E-state index is 12.1. The Balaban J connectivity index is 2.10. The van der Waals surface area contributed by atoms with Crippen LogP contribution in [0.15, 0.2) is 29.2 Å². The molecule has 1 aromatic carbocycles. The summed E-state index contributed by atoms with van der Waals surface area (Å²) in [4.78, 5) is 25.7. The highest BCUT2D eigenvalue weighted by molar-refractivity contribution is 5.92. The van der Waals surface area contributed by atoms with Crippen LogP contribution in [-0.2, 0) is 13.6 Å². The van der Waals surface area contributed by atoms with Crippen molar-refractivity contribution in [1.29, 1.82) is 0 Å². The number of aromatic carboxylic acids is 1. The number of nitrogens with zero attached hydrogens (tertiary/aromatic N) is 3. The van der Waals surface area contributed by atoms with Gasteiger partial charge in [0.15, 0.2) is 0 Å². The highest BCUT2D eigenvalue weighted by Gasteiger charge is 2.12. The largest absolute Gasteiger partial charge is 0.478 e. The topological polar surface area (TPSA) is 92.9 Å². The molecule has 0 radical (unpaired) electrons. The zero-order chi connectivity index (χ0) is 15.1. The van der Waals surface area contributed by atoms with Gasteiger partial charge >= 0.3 is 11.7 Å². The first-order valence-electron chi connectivity index (χ1n) is 6.40. The molecule has 0 spiro atoms. The Bertz CT molecular complexity index is 901. The van der Waals surface area contributed by atoms with E-state index >= 15 is 0 Å². The molecule has 7 nitrogen and oxygen atoms in total. The lowest BCUT2D eigenvalue weighted by Gasteiger charge is -2.02. The summed E-state index contributed by atoms with van der Waals surface area (Å²) in [5, 5.41) is 13.2. The van der Waals surface area contributed by atoms with Crippen LogP contribution >= 0.6 is 0 Å². The number of aromatic nitrogens is 4. The first kappa shape index (κ1) is 13.2. The van der Waals surface area contributed by atoms with Crippen LogP contribution in [-0.4, -0.2) is 30.4 Å². The minimum Gasteiger partial charge on any atom is -0.478 e. The Morgan fingerprint density at radius 3 is 2.81 bits per heavy atom. The number of aromatic amines is 1. The number of benzene rings is 1. The average molecular weight is 286 g/mol. The third-order valence-corrected chi connectivity index (χ3v) is 3.46. The molecule has 3 rings (SSSR count). The number of nitrogens with one attached hydrogen (secondary N) is 1. The molecule has 0 fully saturated rings. The lowest BCUT2D eigenvalue weighted by atomic mass is 10.2. The van der Waals surface area contributed by atoms with Gasteiger partial charge < -0.3 is 10.1 Å². The predicted octanol–water partition coefficient (Wildman–Crippen LogP) is 1.12. The first-order valence-corrected chi connectivity index (χ1v) is 6.40. The third-order valence-electron chi connectivity index (χ3n) is 3.46. The van der Waals surface area contributed by atoms with Crippen LogP contribution in [0.1, 0.15) is 21.6 Å². The van der Waals surface area contributed by atoms with E-state index in [0.29, 0.717) is 17.6 Å². The van der Waals surface area contributed by atoms with Gasteiger partial charge in [-0.3, -0.25) is 9.25 Å². The summed E-state index contributed by atoms with van der Waals surface area (Å²) in [5.41, 5.74) is 2.88. The number of fused-ring (bicyclic) bond motifs is 1. The number of carbonyl (C=O) groups is 1. The van der Waals surface area contributed by atoms with Crippen LogP contribution in [0.2, 0.25) is 0 Å². The maximum Gasteiger partial charge on any atom is 0.335 e. The lowest BCUT2D eigenvalue weighted by molar-refractivity contribution is 0.0697. The van der Waals surface area contributed by atoms with Gasteiger partial charge in [0.25, 0.3) is 0 Å². The van der Waals surface area contributed by atoms with Crippen LogP contribution in [0.25, 0.3) is 11.0 Å². The number of carboxylic acid groups (broad SMARTS) is 1. The summed E-state index contributed by atoms with van der Waals surface area (Å²) >= 11 is 0. The molecule has 2 N–H and O–H groups in total. The normalized spacial score (nSPS) is 11.1. The molecule has 0 aliphatic carbocycles. The van der Waals surface area contributed by atoms with E-state index in [-0.39, 0.29) is 11.3 Å². The molecule has 0 unspecified atom stereocenters. The maximum absolute atomic E-state index is 12.1. The standard InChI is InChI=1S/C14H14N4O3/c1-8-10(6-17(2)16-8)7-18-12-4-3-9(13(19)20)5-11(12)15-14(18)21/h3-6H,7H2,1-2H3,(H,15,21)(H,19,20). The fourth-order valence-corrected chi connectivity index (χ4v) is 2.43. The summed E-state index contributed by atoms with van der Waals surface area (Å²) in [6.07, 6.45) is 1.87. The van der Waals surface area contributed by atoms with Crippen LogP contribution < -0.4 is 5.69 Å². The van der Waals surface area contributed by atoms with Gasteiger partial charge in [-0.2, -0.15) is 5.10 Å². The van der Waals surface area contributed by atoms with Gasteiger partial charge in [0, 0.05) is 18.8 Å². The second kappa shape index (κ2) is 4.62. The molecule has 2 aromatic heterocycles. The van der Waals surface area contributed by atoms with Crippen molar-refractivity contribution in [3.63, 3.8) is 0 Å². The van der Waals surface area contributed by atoms with E-state index < -0.39 is 5.97 Å². The van der Waals surface area contributed by atoms with Crippen molar-refractivity contribution in [3.05, 3.63) is 51.7 Å². The number of aryl methyl sites for hydroxylation is 2. The summed E-state index contributed by atoms with van der Waals surface area (Å²) < 4.78 is 3.28. The second-order valence-corrected chi connectivity index (χ2v) is 4.97. The smallest absolute Gasteiger partial charge is 0.335 e. The van der Waals surface area contributed by atoms with E-state index in [0.717, 1.165) is 11.3 Å². The molecule has 2 heterocycles. The number of H-pyrrole nitrogens is 1. The van der Waals surface area contributed by atoms with Crippen molar-refractivity contribution in [1.82, 2.24) is 19.3 Å². The lowest BCUT2D eigenvalue weighted by Crippen LogP contribution is -2.17. The molecule has 0 aliphatic rings. The molecule has 0 amide bonds. The minimum atomic E-state index is -1.02. The van der Waals surface area contributed by atoms with E-state index in [1.807, 2.05) is 20.2 Å². The highest BCUT2D eigenvalue weighted by Crippen LogP contribution is 2.15. The van der Waals surface area contributed by atoms with Crippen LogP contribution in [0.4, 0.5) is 0 Å². The quantitative estimate of drug-likeness (QED) is 0.754. The fraction of sp³-hybridized carbons (Fsp3) is 0.214. The van der Waals surface area contributed by atoms with Crippen molar-refractivity contribution in [3.8, 4) is 0 Å². The molecule has 7 heteroatoms. The molecule has 108 valence electrons. The van der Waals surface area contributed by atoms with Crippen molar-refractivity contribution >= 4 is 17.0 Å². The van der Waals surface area contributed by atoms with Crippen molar-refractivity contribution in [2.45, 2.75) is 13.5 Å². The number of rotatable bonds is 3. The van der Waals surface area contributed by atoms with E-state index in [1.54, 1.807) is 15.3 Å². The molecule has 0 aliphatic heterocycles. The Morgan fingerprint density at radius 2 is 2.19 bits per heavy atom. The molecular weight excluding hydrogens is 272 g/mol. The van der Waals surface area contributed by atoms with Gasteiger partial charge in [0.2, 0.25) is 0 Å². The molecule has 0 saturated heterocycles. The Labute approximate surface area is 119 Å². The molecule has 0 atom stereocenters. The Kier molecular flexibility index (Phi) is 2.90. The van der Waals surface area contributed by atoms with Gasteiger partial charge in [0.1, 0.15) is 0 Å². The summed E-state index contributed by atoms with van der Waals surface area (Å²) in [5.74, 6) is -1.02. The average Bonchev–Trinajstić information content (AvgIpc) is 2.89. The summed E-state index contributed by atoms with van der Waals surface area (Å²) in [7, 11) is 1.83.